The Morgan fingerprint density at radius 1 is 1.45 bits per heavy atom. The van der Waals surface area contributed by atoms with E-state index in [0.717, 1.165) is 11.9 Å². The molecule has 0 bridgehead atoms. The lowest BCUT2D eigenvalue weighted by molar-refractivity contribution is -0.120. The minimum absolute atomic E-state index is 0.259. The summed E-state index contributed by atoms with van der Waals surface area (Å²) in [5, 5.41) is 8.01. The van der Waals surface area contributed by atoms with Crippen molar-refractivity contribution in [1.82, 2.24) is 4.72 Å². The molecular weight excluding hydrogens is 177 g/mol. The van der Waals surface area contributed by atoms with E-state index in [4.69, 9.17) is 5.26 Å². The van der Waals surface area contributed by atoms with E-state index in [2.05, 4.69) is 4.72 Å². The van der Waals surface area contributed by atoms with Gasteiger partial charge in [0.1, 0.15) is 6.54 Å². The van der Waals surface area contributed by atoms with Gasteiger partial charge in [0.15, 0.2) is 0 Å². The third-order valence-electron chi connectivity index (χ3n) is 0.691. The zero-order chi connectivity index (χ0) is 8.74. The first-order valence-corrected chi connectivity index (χ1v) is 3.83. The second kappa shape index (κ2) is 5.27. The SMILES string of the molecule is N#CCCSNCC(F)(F)F. The van der Waals surface area contributed by atoms with E-state index in [-0.39, 0.29) is 6.42 Å². The minimum Gasteiger partial charge on any atom is -0.255 e. The van der Waals surface area contributed by atoms with Crippen LogP contribution in [0.3, 0.4) is 0 Å². The van der Waals surface area contributed by atoms with Gasteiger partial charge in [0.25, 0.3) is 0 Å². The van der Waals surface area contributed by atoms with Crippen LogP contribution in [0.1, 0.15) is 6.42 Å². The summed E-state index contributed by atoms with van der Waals surface area (Å²) in [6.45, 7) is -1.01. The first kappa shape index (κ1) is 10.6. The predicted molar refractivity (Wildman–Crippen MR) is 36.7 cm³/mol. The molecule has 0 heterocycles. The number of nitriles is 1. The summed E-state index contributed by atoms with van der Waals surface area (Å²) < 4.78 is 36.4. The van der Waals surface area contributed by atoms with Crippen LogP contribution >= 0.6 is 11.9 Å². The first-order valence-electron chi connectivity index (χ1n) is 2.84. The smallest absolute Gasteiger partial charge is 0.255 e. The second-order valence-electron chi connectivity index (χ2n) is 1.69. The van der Waals surface area contributed by atoms with Crippen LogP contribution in [0, 0.1) is 11.3 Å². The van der Waals surface area contributed by atoms with Crippen molar-refractivity contribution in [3.63, 3.8) is 0 Å². The molecule has 0 radical (unpaired) electrons. The van der Waals surface area contributed by atoms with E-state index in [9.17, 15) is 13.2 Å². The van der Waals surface area contributed by atoms with Crippen LogP contribution in [0.25, 0.3) is 0 Å². The molecule has 0 amide bonds. The van der Waals surface area contributed by atoms with Crippen molar-refractivity contribution < 1.29 is 13.2 Å². The number of hydrogen-bond acceptors (Lipinski definition) is 3. The zero-order valence-corrected chi connectivity index (χ0v) is 6.43. The van der Waals surface area contributed by atoms with Crippen molar-refractivity contribution in [2.75, 3.05) is 12.3 Å². The number of rotatable bonds is 4. The molecule has 0 aliphatic heterocycles. The number of halogens is 3. The van der Waals surface area contributed by atoms with E-state index < -0.39 is 12.7 Å². The van der Waals surface area contributed by atoms with Crippen molar-refractivity contribution in [3.05, 3.63) is 0 Å². The Morgan fingerprint density at radius 2 is 2.09 bits per heavy atom. The summed E-state index contributed by atoms with van der Waals surface area (Å²) in [6, 6.07) is 1.82. The van der Waals surface area contributed by atoms with Gasteiger partial charge in [-0.05, 0) is 0 Å². The van der Waals surface area contributed by atoms with Crippen molar-refractivity contribution in [1.29, 1.82) is 5.26 Å². The van der Waals surface area contributed by atoms with Crippen molar-refractivity contribution in [3.8, 4) is 6.07 Å². The Morgan fingerprint density at radius 3 is 2.55 bits per heavy atom. The van der Waals surface area contributed by atoms with E-state index in [1.165, 1.54) is 0 Å². The molecule has 0 unspecified atom stereocenters. The maximum absolute atomic E-state index is 11.4. The summed E-state index contributed by atoms with van der Waals surface area (Å²) in [4.78, 5) is 0. The van der Waals surface area contributed by atoms with Gasteiger partial charge in [-0.3, -0.25) is 4.72 Å². The second-order valence-corrected chi connectivity index (χ2v) is 2.68. The zero-order valence-electron chi connectivity index (χ0n) is 5.61. The Bertz CT molecular complexity index is 140. The highest BCUT2D eigenvalue weighted by Gasteiger charge is 2.26. The topological polar surface area (TPSA) is 35.8 Å². The van der Waals surface area contributed by atoms with Crippen LogP contribution in [-0.2, 0) is 0 Å². The standard InChI is InChI=1S/C5H7F3N2S/c6-5(7,8)4-10-11-3-1-2-9/h10H,1,3-4H2. The van der Waals surface area contributed by atoms with Crippen LogP contribution in [0.15, 0.2) is 0 Å². The fraction of sp³-hybridized carbons (Fsp3) is 0.800. The fourth-order valence-corrected chi connectivity index (χ4v) is 0.905. The monoisotopic (exact) mass is 184 g/mol. The van der Waals surface area contributed by atoms with Gasteiger partial charge in [0.2, 0.25) is 0 Å². The number of alkyl halides is 3. The van der Waals surface area contributed by atoms with Gasteiger partial charge in [-0.1, -0.05) is 11.9 Å². The molecule has 6 heteroatoms. The Balaban J connectivity index is 3.10. The van der Waals surface area contributed by atoms with Gasteiger partial charge in [-0.15, -0.1) is 0 Å². The maximum atomic E-state index is 11.4. The van der Waals surface area contributed by atoms with Crippen molar-refractivity contribution in [2.24, 2.45) is 0 Å². The lowest BCUT2D eigenvalue weighted by Crippen LogP contribution is -2.24. The van der Waals surface area contributed by atoms with Crippen molar-refractivity contribution >= 4 is 11.9 Å². The van der Waals surface area contributed by atoms with Crippen LogP contribution in [-0.4, -0.2) is 18.5 Å². The Kier molecular flexibility index (Phi) is 5.07. The molecule has 0 aromatic carbocycles. The molecule has 0 fully saturated rings. The van der Waals surface area contributed by atoms with E-state index in [1.54, 1.807) is 0 Å². The summed E-state index contributed by atoms with van der Waals surface area (Å²) >= 11 is 0.912. The average Bonchev–Trinajstić information content (AvgIpc) is 1.85. The van der Waals surface area contributed by atoms with Gasteiger partial charge in [-0.2, -0.15) is 18.4 Å². The Labute approximate surface area is 66.9 Å². The molecule has 0 saturated heterocycles. The summed E-state index contributed by atoms with van der Waals surface area (Å²) in [7, 11) is 0. The fourth-order valence-electron chi connectivity index (χ4n) is 0.302. The molecule has 0 spiro atoms. The lowest BCUT2D eigenvalue weighted by Gasteiger charge is -2.05. The van der Waals surface area contributed by atoms with E-state index in [0.29, 0.717) is 5.75 Å². The molecule has 0 aromatic heterocycles. The summed E-state index contributed by atoms with van der Waals surface area (Å²) in [6.07, 6.45) is -3.91. The highest BCUT2D eigenvalue weighted by Crippen LogP contribution is 2.13. The molecule has 11 heavy (non-hydrogen) atoms. The molecule has 1 N–H and O–H groups in total. The molecular formula is C5H7F3N2S. The molecule has 0 rings (SSSR count). The quantitative estimate of drug-likeness (QED) is 0.533. The predicted octanol–water partition coefficient (Wildman–Crippen LogP) is 1.70. The van der Waals surface area contributed by atoms with E-state index >= 15 is 0 Å². The minimum atomic E-state index is -4.17. The normalized spacial score (nSPS) is 11.1. The summed E-state index contributed by atoms with van der Waals surface area (Å²) in [5.41, 5.74) is 0. The van der Waals surface area contributed by atoms with Crippen LogP contribution < -0.4 is 4.72 Å². The first-order chi connectivity index (χ1) is 5.06. The highest BCUT2D eigenvalue weighted by atomic mass is 32.2. The third kappa shape index (κ3) is 9.59. The molecule has 0 aliphatic carbocycles. The van der Waals surface area contributed by atoms with Crippen molar-refractivity contribution in [2.45, 2.75) is 12.6 Å². The van der Waals surface area contributed by atoms with Gasteiger partial charge >= 0.3 is 6.18 Å². The average molecular weight is 184 g/mol. The van der Waals surface area contributed by atoms with Gasteiger partial charge < -0.3 is 0 Å². The molecule has 0 aromatic rings. The van der Waals surface area contributed by atoms with Gasteiger partial charge in [-0.25, -0.2) is 0 Å². The Hall–Kier alpha value is -0.410. The third-order valence-corrected chi connectivity index (χ3v) is 1.45. The van der Waals surface area contributed by atoms with Gasteiger partial charge in [0.05, 0.1) is 6.07 Å². The van der Waals surface area contributed by atoms with Crippen LogP contribution in [0.5, 0.6) is 0 Å². The summed E-state index contributed by atoms with van der Waals surface area (Å²) in [5.74, 6) is 0.382. The largest absolute Gasteiger partial charge is 0.401 e. The highest BCUT2D eigenvalue weighted by molar-refractivity contribution is 7.97. The molecule has 0 aliphatic rings. The molecule has 64 valence electrons. The lowest BCUT2D eigenvalue weighted by atomic mass is 10.6. The van der Waals surface area contributed by atoms with Crippen LogP contribution in [0.4, 0.5) is 13.2 Å². The van der Waals surface area contributed by atoms with Crippen LogP contribution in [0.2, 0.25) is 0 Å². The number of nitrogens with one attached hydrogen (secondary N) is 1. The number of nitrogens with zero attached hydrogens (tertiary/aromatic N) is 1. The maximum Gasteiger partial charge on any atom is 0.401 e. The molecule has 2 nitrogen and oxygen atoms in total. The molecule has 0 saturated carbocycles. The van der Waals surface area contributed by atoms with E-state index in [1.807, 2.05) is 6.07 Å². The number of hydrogen-bond donors (Lipinski definition) is 1. The van der Waals surface area contributed by atoms with Gasteiger partial charge in [0, 0.05) is 12.2 Å². The molecule has 0 atom stereocenters.